The van der Waals surface area contributed by atoms with Crippen LogP contribution in [-0.4, -0.2) is 43.8 Å². The molecular weight excluding hydrogens is 489 g/mol. The fourth-order valence-corrected chi connectivity index (χ4v) is 3.37. The Kier molecular flexibility index (Phi) is 11.2. The summed E-state index contributed by atoms with van der Waals surface area (Å²) in [7, 11) is 2.07. The molecule has 2 aromatic rings. The normalized spacial score (nSPS) is 14.8. The summed E-state index contributed by atoms with van der Waals surface area (Å²) in [6, 6.07) is 19.0. The predicted octanol–water partition coefficient (Wildman–Crippen LogP) is 4.60. The van der Waals surface area contributed by atoms with Gasteiger partial charge in [-0.1, -0.05) is 54.6 Å². The van der Waals surface area contributed by atoms with E-state index in [1.165, 1.54) is 16.7 Å². The van der Waals surface area contributed by atoms with Crippen molar-refractivity contribution in [2.45, 2.75) is 45.6 Å². The molecule has 0 spiro atoms. The summed E-state index contributed by atoms with van der Waals surface area (Å²) in [5.74, 6) is 0.920. The molecule has 0 amide bonds. The first-order chi connectivity index (χ1) is 14.2. The van der Waals surface area contributed by atoms with E-state index in [0.29, 0.717) is 19.3 Å². The number of aliphatic imine (C=N–C) groups is 1. The molecule has 1 N–H and O–H groups in total. The maximum Gasteiger partial charge on any atom is 0.194 e. The highest BCUT2D eigenvalue weighted by molar-refractivity contribution is 14.0. The lowest BCUT2D eigenvalue weighted by Gasteiger charge is -2.22. The SMILES string of the molecule is CCNC(=NCc1ccc(COC2CCOCC2)cc1)N(C)Cc1ccccc1.I. The highest BCUT2D eigenvalue weighted by Crippen LogP contribution is 2.14. The summed E-state index contributed by atoms with van der Waals surface area (Å²) < 4.78 is 11.4. The Morgan fingerprint density at radius 1 is 1.03 bits per heavy atom. The topological polar surface area (TPSA) is 46.1 Å². The van der Waals surface area contributed by atoms with Crippen LogP contribution in [0.5, 0.6) is 0 Å². The number of guanidine groups is 1. The zero-order chi connectivity index (χ0) is 20.3. The summed E-state index contributed by atoms with van der Waals surface area (Å²) in [6.45, 7) is 6.72. The molecule has 6 heteroatoms. The van der Waals surface area contributed by atoms with E-state index in [4.69, 9.17) is 14.5 Å². The van der Waals surface area contributed by atoms with Gasteiger partial charge in [0.2, 0.25) is 0 Å². The minimum absolute atomic E-state index is 0. The third-order valence-electron chi connectivity index (χ3n) is 5.05. The van der Waals surface area contributed by atoms with E-state index in [-0.39, 0.29) is 24.0 Å². The lowest BCUT2D eigenvalue weighted by atomic mass is 10.1. The van der Waals surface area contributed by atoms with E-state index in [0.717, 1.165) is 45.1 Å². The number of ether oxygens (including phenoxy) is 2. The van der Waals surface area contributed by atoms with E-state index in [2.05, 4.69) is 72.7 Å². The van der Waals surface area contributed by atoms with Crippen molar-refractivity contribution in [2.75, 3.05) is 26.8 Å². The minimum atomic E-state index is 0. The molecule has 30 heavy (non-hydrogen) atoms. The Morgan fingerprint density at radius 2 is 1.70 bits per heavy atom. The van der Waals surface area contributed by atoms with Gasteiger partial charge in [-0.25, -0.2) is 4.99 Å². The molecule has 2 aromatic carbocycles. The largest absolute Gasteiger partial charge is 0.381 e. The maximum atomic E-state index is 6.00. The third kappa shape index (κ3) is 8.24. The van der Waals surface area contributed by atoms with E-state index in [1.807, 2.05) is 6.07 Å². The van der Waals surface area contributed by atoms with E-state index in [9.17, 15) is 0 Å². The maximum absolute atomic E-state index is 6.00. The molecule has 0 saturated carbocycles. The molecule has 1 aliphatic rings. The molecule has 0 aromatic heterocycles. The molecule has 0 unspecified atom stereocenters. The van der Waals surface area contributed by atoms with Gasteiger partial charge >= 0.3 is 0 Å². The lowest BCUT2D eigenvalue weighted by Crippen LogP contribution is -2.38. The van der Waals surface area contributed by atoms with Crippen molar-refractivity contribution in [1.82, 2.24) is 10.2 Å². The van der Waals surface area contributed by atoms with Crippen LogP contribution in [0.3, 0.4) is 0 Å². The number of hydrogen-bond donors (Lipinski definition) is 1. The molecule has 5 nitrogen and oxygen atoms in total. The standard InChI is InChI=1S/C24H33N3O2.HI/c1-3-25-24(27(2)18-21-7-5-4-6-8-21)26-17-20-9-11-22(12-10-20)19-29-23-13-15-28-16-14-23;/h4-12,23H,3,13-19H2,1-2H3,(H,25,26);1H. The fourth-order valence-electron chi connectivity index (χ4n) is 3.37. The number of hydrogen-bond acceptors (Lipinski definition) is 3. The Labute approximate surface area is 197 Å². The van der Waals surface area contributed by atoms with E-state index >= 15 is 0 Å². The van der Waals surface area contributed by atoms with Gasteiger partial charge in [0.25, 0.3) is 0 Å². The van der Waals surface area contributed by atoms with Gasteiger partial charge in [0.1, 0.15) is 0 Å². The van der Waals surface area contributed by atoms with Gasteiger partial charge in [0.15, 0.2) is 5.96 Å². The monoisotopic (exact) mass is 523 g/mol. The quantitative estimate of drug-likeness (QED) is 0.312. The Morgan fingerprint density at radius 3 is 2.37 bits per heavy atom. The summed E-state index contributed by atoms with van der Waals surface area (Å²) in [4.78, 5) is 6.98. The van der Waals surface area contributed by atoms with Crippen LogP contribution in [-0.2, 0) is 29.2 Å². The Hall–Kier alpha value is -1.64. The molecule has 1 saturated heterocycles. The van der Waals surface area contributed by atoms with Crippen molar-refractivity contribution >= 4 is 29.9 Å². The van der Waals surface area contributed by atoms with Crippen molar-refractivity contribution in [3.05, 3.63) is 71.3 Å². The molecule has 1 aliphatic heterocycles. The average Bonchev–Trinajstić information content (AvgIpc) is 2.77. The molecule has 3 rings (SSSR count). The third-order valence-corrected chi connectivity index (χ3v) is 5.05. The summed E-state index contributed by atoms with van der Waals surface area (Å²) >= 11 is 0. The molecule has 1 fully saturated rings. The Bertz CT molecular complexity index is 747. The molecule has 164 valence electrons. The zero-order valence-corrected chi connectivity index (χ0v) is 20.4. The fraction of sp³-hybridized carbons (Fsp3) is 0.458. The molecule has 0 aliphatic carbocycles. The smallest absolute Gasteiger partial charge is 0.194 e. The van der Waals surface area contributed by atoms with Crippen molar-refractivity contribution in [2.24, 2.45) is 4.99 Å². The molecule has 0 radical (unpaired) electrons. The van der Waals surface area contributed by atoms with Gasteiger partial charge in [0.05, 0.1) is 19.3 Å². The number of rotatable bonds is 8. The number of benzene rings is 2. The second kappa shape index (κ2) is 13.6. The Balaban J connectivity index is 0.00000320. The first kappa shape index (κ1) is 24.6. The van der Waals surface area contributed by atoms with Crippen molar-refractivity contribution < 1.29 is 9.47 Å². The first-order valence-electron chi connectivity index (χ1n) is 10.5. The number of halogens is 1. The minimum Gasteiger partial charge on any atom is -0.381 e. The van der Waals surface area contributed by atoms with Crippen LogP contribution < -0.4 is 5.32 Å². The molecular formula is C24H34IN3O2. The first-order valence-corrected chi connectivity index (χ1v) is 10.5. The van der Waals surface area contributed by atoms with Crippen molar-refractivity contribution in [1.29, 1.82) is 0 Å². The van der Waals surface area contributed by atoms with Gasteiger partial charge in [-0.15, -0.1) is 24.0 Å². The van der Waals surface area contributed by atoms with Crippen LogP contribution >= 0.6 is 24.0 Å². The van der Waals surface area contributed by atoms with E-state index < -0.39 is 0 Å². The average molecular weight is 523 g/mol. The number of nitrogens with one attached hydrogen (secondary N) is 1. The summed E-state index contributed by atoms with van der Waals surface area (Å²) in [5.41, 5.74) is 3.68. The molecule has 0 bridgehead atoms. The van der Waals surface area contributed by atoms with Crippen molar-refractivity contribution in [3.8, 4) is 0 Å². The van der Waals surface area contributed by atoms with Crippen LogP contribution in [0.15, 0.2) is 59.6 Å². The van der Waals surface area contributed by atoms with E-state index in [1.54, 1.807) is 0 Å². The highest BCUT2D eigenvalue weighted by atomic mass is 127. The van der Waals surface area contributed by atoms with Crippen LogP contribution in [0.1, 0.15) is 36.5 Å². The van der Waals surface area contributed by atoms with Gasteiger partial charge in [0, 0.05) is 33.4 Å². The second-order valence-electron chi connectivity index (χ2n) is 7.45. The van der Waals surface area contributed by atoms with Crippen LogP contribution in [0.2, 0.25) is 0 Å². The molecule has 0 atom stereocenters. The molecule has 1 heterocycles. The van der Waals surface area contributed by atoms with Gasteiger partial charge in [-0.3, -0.25) is 0 Å². The van der Waals surface area contributed by atoms with Crippen LogP contribution in [0.4, 0.5) is 0 Å². The highest BCUT2D eigenvalue weighted by Gasteiger charge is 2.14. The summed E-state index contributed by atoms with van der Waals surface area (Å²) in [5, 5.41) is 3.39. The predicted molar refractivity (Wildman–Crippen MR) is 133 cm³/mol. The van der Waals surface area contributed by atoms with Gasteiger partial charge < -0.3 is 19.7 Å². The van der Waals surface area contributed by atoms with Crippen molar-refractivity contribution in [3.63, 3.8) is 0 Å². The zero-order valence-electron chi connectivity index (χ0n) is 18.0. The number of nitrogens with zero attached hydrogens (tertiary/aromatic N) is 2. The van der Waals surface area contributed by atoms with Crippen LogP contribution in [0.25, 0.3) is 0 Å². The summed E-state index contributed by atoms with van der Waals surface area (Å²) in [6.07, 6.45) is 2.32. The van der Waals surface area contributed by atoms with Gasteiger partial charge in [-0.05, 0) is 36.5 Å². The lowest BCUT2D eigenvalue weighted by molar-refractivity contribution is -0.0390. The van der Waals surface area contributed by atoms with Crippen LogP contribution in [0, 0.1) is 0 Å². The second-order valence-corrected chi connectivity index (χ2v) is 7.45. The van der Waals surface area contributed by atoms with Gasteiger partial charge in [-0.2, -0.15) is 0 Å².